The molecule has 5 heteroatoms. The highest BCUT2D eigenvalue weighted by Gasteiger charge is 2.27. The summed E-state index contributed by atoms with van der Waals surface area (Å²) in [6, 6.07) is 20.3. The van der Waals surface area contributed by atoms with E-state index >= 15 is 0 Å². The minimum absolute atomic E-state index is 0.0766. The Morgan fingerprint density at radius 1 is 0.885 bits per heavy atom. The SMILES string of the molecule is Cc1cccc(N(Cc2ccccc2F)S(=O)(=O)c2ccccc2C)c1. The molecule has 0 saturated heterocycles. The van der Waals surface area contributed by atoms with Gasteiger partial charge in [-0.3, -0.25) is 4.31 Å². The lowest BCUT2D eigenvalue weighted by atomic mass is 10.2. The molecule has 0 aliphatic heterocycles. The van der Waals surface area contributed by atoms with Crippen molar-refractivity contribution >= 4 is 15.7 Å². The maximum atomic E-state index is 14.2. The van der Waals surface area contributed by atoms with Crippen LogP contribution in [0.2, 0.25) is 0 Å². The van der Waals surface area contributed by atoms with E-state index in [-0.39, 0.29) is 11.4 Å². The predicted octanol–water partition coefficient (Wildman–Crippen LogP) is 4.84. The number of aryl methyl sites for hydroxylation is 2. The van der Waals surface area contributed by atoms with E-state index < -0.39 is 15.8 Å². The van der Waals surface area contributed by atoms with E-state index in [9.17, 15) is 12.8 Å². The van der Waals surface area contributed by atoms with E-state index in [4.69, 9.17) is 0 Å². The van der Waals surface area contributed by atoms with Gasteiger partial charge in [0.1, 0.15) is 5.82 Å². The first-order valence-electron chi connectivity index (χ1n) is 8.28. The quantitative estimate of drug-likeness (QED) is 0.645. The molecule has 0 aliphatic carbocycles. The molecule has 0 aliphatic rings. The van der Waals surface area contributed by atoms with Crippen molar-refractivity contribution in [3.05, 3.63) is 95.3 Å². The summed E-state index contributed by atoms with van der Waals surface area (Å²) in [5.74, 6) is -0.426. The number of nitrogens with zero attached hydrogens (tertiary/aromatic N) is 1. The molecule has 0 radical (unpaired) electrons. The van der Waals surface area contributed by atoms with Crippen molar-refractivity contribution in [2.24, 2.45) is 0 Å². The average molecular weight is 369 g/mol. The van der Waals surface area contributed by atoms with Gasteiger partial charge < -0.3 is 0 Å². The maximum absolute atomic E-state index is 14.2. The standard InChI is InChI=1S/C21H20FNO2S/c1-16-8-7-11-19(14-16)23(15-18-10-4-5-12-20(18)22)26(24,25)21-13-6-3-9-17(21)2/h3-14H,15H2,1-2H3. The fourth-order valence-corrected chi connectivity index (χ4v) is 4.51. The van der Waals surface area contributed by atoms with E-state index in [0.717, 1.165) is 5.56 Å². The second kappa shape index (κ2) is 7.30. The molecular formula is C21H20FNO2S. The molecule has 0 heterocycles. The summed E-state index contributed by atoms with van der Waals surface area (Å²) in [7, 11) is -3.85. The summed E-state index contributed by atoms with van der Waals surface area (Å²) in [4.78, 5) is 0.220. The fraction of sp³-hybridized carbons (Fsp3) is 0.143. The minimum atomic E-state index is -3.85. The van der Waals surface area contributed by atoms with Crippen LogP contribution in [-0.4, -0.2) is 8.42 Å². The Bertz CT molecular complexity index is 1030. The summed E-state index contributed by atoms with van der Waals surface area (Å²) in [5.41, 5.74) is 2.42. The van der Waals surface area contributed by atoms with Crippen LogP contribution in [0.3, 0.4) is 0 Å². The first-order valence-corrected chi connectivity index (χ1v) is 9.72. The molecule has 134 valence electrons. The molecule has 0 bridgehead atoms. The van der Waals surface area contributed by atoms with Crippen molar-refractivity contribution in [2.75, 3.05) is 4.31 Å². The van der Waals surface area contributed by atoms with E-state index in [1.807, 2.05) is 13.0 Å². The van der Waals surface area contributed by atoms with Gasteiger partial charge in [0.05, 0.1) is 17.1 Å². The summed E-state index contributed by atoms with van der Waals surface area (Å²) in [6.45, 7) is 3.57. The number of rotatable bonds is 5. The number of hydrogen-bond acceptors (Lipinski definition) is 2. The zero-order chi connectivity index (χ0) is 18.7. The van der Waals surface area contributed by atoms with Gasteiger partial charge in [0, 0.05) is 5.56 Å². The van der Waals surface area contributed by atoms with Gasteiger partial charge >= 0.3 is 0 Å². The van der Waals surface area contributed by atoms with Crippen LogP contribution in [0.25, 0.3) is 0 Å². The first kappa shape index (κ1) is 18.1. The zero-order valence-electron chi connectivity index (χ0n) is 14.7. The summed E-state index contributed by atoms with van der Waals surface area (Å²) < 4.78 is 42.2. The molecule has 3 aromatic rings. The molecule has 0 aromatic heterocycles. The van der Waals surface area contributed by atoms with Crippen LogP contribution in [0.1, 0.15) is 16.7 Å². The van der Waals surface area contributed by atoms with Crippen LogP contribution < -0.4 is 4.31 Å². The van der Waals surface area contributed by atoms with Crippen molar-refractivity contribution < 1.29 is 12.8 Å². The Balaban J connectivity index is 2.15. The van der Waals surface area contributed by atoms with E-state index in [1.54, 1.807) is 67.6 Å². The van der Waals surface area contributed by atoms with Crippen LogP contribution >= 0.6 is 0 Å². The van der Waals surface area contributed by atoms with Crippen molar-refractivity contribution in [2.45, 2.75) is 25.3 Å². The number of hydrogen-bond donors (Lipinski definition) is 0. The van der Waals surface area contributed by atoms with E-state index in [1.165, 1.54) is 10.4 Å². The van der Waals surface area contributed by atoms with Gasteiger partial charge in [-0.25, -0.2) is 12.8 Å². The first-order chi connectivity index (χ1) is 12.4. The smallest absolute Gasteiger partial charge is 0.262 e. The van der Waals surface area contributed by atoms with Crippen LogP contribution in [0.5, 0.6) is 0 Å². The topological polar surface area (TPSA) is 37.4 Å². The Labute approximate surface area is 153 Å². The molecule has 3 aromatic carbocycles. The van der Waals surface area contributed by atoms with Gasteiger partial charge in [0.2, 0.25) is 0 Å². The van der Waals surface area contributed by atoms with Gasteiger partial charge in [-0.1, -0.05) is 48.5 Å². The van der Waals surface area contributed by atoms with Crippen LogP contribution in [-0.2, 0) is 16.6 Å². The lowest BCUT2D eigenvalue weighted by Gasteiger charge is -2.26. The number of benzene rings is 3. The van der Waals surface area contributed by atoms with Gasteiger partial charge in [0.15, 0.2) is 0 Å². The van der Waals surface area contributed by atoms with E-state index in [0.29, 0.717) is 16.8 Å². The summed E-state index contributed by atoms with van der Waals surface area (Å²) >= 11 is 0. The minimum Gasteiger partial charge on any atom is -0.262 e. The molecule has 26 heavy (non-hydrogen) atoms. The van der Waals surface area contributed by atoms with Gasteiger partial charge in [-0.15, -0.1) is 0 Å². The Morgan fingerprint density at radius 3 is 2.27 bits per heavy atom. The highest BCUT2D eigenvalue weighted by atomic mass is 32.2. The summed E-state index contributed by atoms with van der Waals surface area (Å²) in [5, 5.41) is 0. The van der Waals surface area contributed by atoms with Gasteiger partial charge in [-0.2, -0.15) is 0 Å². The lowest BCUT2D eigenvalue weighted by Crippen LogP contribution is -2.31. The molecule has 0 spiro atoms. The number of anilines is 1. The average Bonchev–Trinajstić information content (AvgIpc) is 2.61. The highest BCUT2D eigenvalue weighted by molar-refractivity contribution is 7.92. The molecule has 0 amide bonds. The third-order valence-corrected chi connectivity index (χ3v) is 6.16. The molecule has 0 N–H and O–H groups in total. The predicted molar refractivity (Wildman–Crippen MR) is 102 cm³/mol. The van der Waals surface area contributed by atoms with Crippen LogP contribution in [0.15, 0.2) is 77.7 Å². The van der Waals surface area contributed by atoms with Gasteiger partial charge in [-0.05, 0) is 49.2 Å². The molecule has 0 atom stereocenters. The lowest BCUT2D eigenvalue weighted by molar-refractivity contribution is 0.585. The fourth-order valence-electron chi connectivity index (χ4n) is 2.84. The van der Waals surface area contributed by atoms with Crippen molar-refractivity contribution in [1.82, 2.24) is 0 Å². The van der Waals surface area contributed by atoms with Crippen LogP contribution in [0.4, 0.5) is 10.1 Å². The maximum Gasteiger partial charge on any atom is 0.264 e. The van der Waals surface area contributed by atoms with Gasteiger partial charge in [0.25, 0.3) is 10.0 Å². The number of sulfonamides is 1. The second-order valence-corrected chi connectivity index (χ2v) is 8.04. The molecule has 0 saturated carbocycles. The number of halogens is 1. The van der Waals surface area contributed by atoms with Crippen LogP contribution in [0, 0.1) is 19.7 Å². The second-order valence-electron chi connectivity index (χ2n) is 6.21. The summed E-state index contributed by atoms with van der Waals surface area (Å²) in [6.07, 6.45) is 0. The monoisotopic (exact) mass is 369 g/mol. The molecule has 3 nitrogen and oxygen atoms in total. The van der Waals surface area contributed by atoms with Crippen molar-refractivity contribution in [3.63, 3.8) is 0 Å². The molecule has 0 unspecified atom stereocenters. The Hall–Kier alpha value is -2.66. The Kier molecular flexibility index (Phi) is 5.09. The molecule has 3 rings (SSSR count). The Morgan fingerprint density at radius 2 is 1.58 bits per heavy atom. The largest absolute Gasteiger partial charge is 0.264 e. The normalized spacial score (nSPS) is 11.3. The highest BCUT2D eigenvalue weighted by Crippen LogP contribution is 2.28. The molecule has 0 fully saturated rings. The third-order valence-electron chi connectivity index (χ3n) is 4.22. The van der Waals surface area contributed by atoms with E-state index in [2.05, 4.69) is 0 Å². The zero-order valence-corrected chi connectivity index (χ0v) is 15.5. The van der Waals surface area contributed by atoms with Crippen molar-refractivity contribution in [3.8, 4) is 0 Å². The third kappa shape index (κ3) is 3.63. The molecular weight excluding hydrogens is 349 g/mol. The van der Waals surface area contributed by atoms with Crippen molar-refractivity contribution in [1.29, 1.82) is 0 Å².